The highest BCUT2D eigenvalue weighted by Gasteiger charge is 2.15. The molecule has 0 fully saturated rings. The molecule has 0 saturated carbocycles. The molecule has 0 bridgehead atoms. The van der Waals surface area contributed by atoms with Crippen molar-refractivity contribution >= 4 is 33.4 Å². The zero-order valence-corrected chi connectivity index (χ0v) is 18.0. The Morgan fingerprint density at radius 1 is 1.10 bits per heavy atom. The van der Waals surface area contributed by atoms with E-state index in [1.54, 1.807) is 42.0 Å². The number of hydrogen-bond donors (Lipinski definition) is 0. The molecule has 0 saturated heterocycles. The lowest BCUT2D eigenvalue weighted by molar-refractivity contribution is -0.141. The van der Waals surface area contributed by atoms with Crippen LogP contribution in [0.2, 0.25) is 0 Å². The molecular formula is C22H24N2O5S. The minimum absolute atomic E-state index is 0.0762. The smallest absolute Gasteiger partial charge is 0.325 e. The van der Waals surface area contributed by atoms with E-state index in [-0.39, 0.29) is 6.54 Å². The van der Waals surface area contributed by atoms with Gasteiger partial charge in [-0.05, 0) is 42.8 Å². The number of fused-ring (bicyclic) bond motifs is 1. The molecular weight excluding hydrogens is 404 g/mol. The number of para-hydroxylation sites is 1. The van der Waals surface area contributed by atoms with Crippen LogP contribution < -0.4 is 14.3 Å². The highest BCUT2D eigenvalue weighted by Crippen LogP contribution is 2.27. The summed E-state index contributed by atoms with van der Waals surface area (Å²) in [7, 11) is 2.88. The molecule has 0 radical (unpaired) electrons. The van der Waals surface area contributed by atoms with Gasteiger partial charge in [0.2, 0.25) is 0 Å². The monoisotopic (exact) mass is 428 g/mol. The number of methoxy groups -OCH3 is 2. The van der Waals surface area contributed by atoms with Crippen molar-refractivity contribution in [3.05, 3.63) is 52.8 Å². The molecule has 0 aliphatic heterocycles. The molecule has 1 amide bonds. The summed E-state index contributed by atoms with van der Waals surface area (Å²) in [5.41, 5.74) is 1.13. The molecule has 1 aromatic heterocycles. The summed E-state index contributed by atoms with van der Waals surface area (Å²) < 4.78 is 18.4. The third-order valence-electron chi connectivity index (χ3n) is 4.46. The predicted octanol–water partition coefficient (Wildman–Crippen LogP) is 3.80. The minimum Gasteiger partial charge on any atom is -0.495 e. The Morgan fingerprint density at radius 2 is 1.87 bits per heavy atom. The Morgan fingerprint density at radius 3 is 2.53 bits per heavy atom. The van der Waals surface area contributed by atoms with Gasteiger partial charge in [0.15, 0.2) is 4.80 Å². The maximum Gasteiger partial charge on any atom is 0.325 e. The summed E-state index contributed by atoms with van der Waals surface area (Å²) in [6, 6.07) is 12.4. The first-order chi connectivity index (χ1) is 14.6. The van der Waals surface area contributed by atoms with E-state index in [0.717, 1.165) is 17.5 Å². The first-order valence-electron chi connectivity index (χ1n) is 9.62. The second kappa shape index (κ2) is 10.1. The Labute approximate surface area is 178 Å². The highest BCUT2D eigenvalue weighted by molar-refractivity contribution is 7.16. The largest absolute Gasteiger partial charge is 0.495 e. The summed E-state index contributed by atoms with van der Waals surface area (Å²) >= 11 is 1.31. The number of rotatable bonds is 8. The molecule has 30 heavy (non-hydrogen) atoms. The van der Waals surface area contributed by atoms with Crippen molar-refractivity contribution in [3.63, 3.8) is 0 Å². The number of ether oxygens (including phenoxy) is 3. The van der Waals surface area contributed by atoms with Crippen LogP contribution in [0, 0.1) is 0 Å². The minimum atomic E-state index is -0.442. The summed E-state index contributed by atoms with van der Waals surface area (Å²) in [6.45, 7) is 2.67. The number of aromatic nitrogens is 1. The maximum absolute atomic E-state index is 12.8. The second-order valence-corrected chi connectivity index (χ2v) is 7.51. The van der Waals surface area contributed by atoms with Crippen LogP contribution in [0.3, 0.4) is 0 Å². The molecule has 1 heterocycles. The van der Waals surface area contributed by atoms with Gasteiger partial charge in [0.05, 0.1) is 25.5 Å². The highest BCUT2D eigenvalue weighted by atomic mass is 32.1. The van der Waals surface area contributed by atoms with Crippen molar-refractivity contribution in [2.45, 2.75) is 26.3 Å². The van der Waals surface area contributed by atoms with E-state index in [1.165, 1.54) is 18.4 Å². The molecule has 0 spiro atoms. The van der Waals surface area contributed by atoms with Crippen LogP contribution in [0.15, 0.2) is 47.5 Å². The van der Waals surface area contributed by atoms with Crippen LogP contribution in [-0.2, 0) is 16.1 Å². The third-order valence-corrected chi connectivity index (χ3v) is 5.51. The number of thiazole rings is 1. The average molecular weight is 429 g/mol. The quantitative estimate of drug-likeness (QED) is 0.403. The lowest BCUT2D eigenvalue weighted by Crippen LogP contribution is -2.22. The van der Waals surface area contributed by atoms with E-state index in [1.807, 2.05) is 12.1 Å². The number of carbonyl (C=O) groups is 2. The summed E-state index contributed by atoms with van der Waals surface area (Å²) in [5.74, 6) is 0.463. The van der Waals surface area contributed by atoms with Crippen molar-refractivity contribution in [1.29, 1.82) is 0 Å². The number of amides is 1. The fourth-order valence-corrected chi connectivity index (χ4v) is 3.91. The van der Waals surface area contributed by atoms with E-state index in [2.05, 4.69) is 11.9 Å². The van der Waals surface area contributed by atoms with Gasteiger partial charge in [0.25, 0.3) is 5.91 Å². The van der Waals surface area contributed by atoms with Gasteiger partial charge in [-0.1, -0.05) is 30.7 Å². The second-order valence-electron chi connectivity index (χ2n) is 6.50. The van der Waals surface area contributed by atoms with Gasteiger partial charge >= 0.3 is 5.97 Å². The van der Waals surface area contributed by atoms with Crippen molar-refractivity contribution in [2.24, 2.45) is 4.99 Å². The van der Waals surface area contributed by atoms with Crippen molar-refractivity contribution < 1.29 is 23.8 Å². The zero-order chi connectivity index (χ0) is 21.5. The topological polar surface area (TPSA) is 79.1 Å². The lowest BCUT2D eigenvalue weighted by atomic mass is 10.2. The summed E-state index contributed by atoms with van der Waals surface area (Å²) in [5, 5.41) is 0. The van der Waals surface area contributed by atoms with Crippen LogP contribution in [-0.4, -0.2) is 37.3 Å². The molecule has 0 atom stereocenters. The fourth-order valence-electron chi connectivity index (χ4n) is 2.87. The van der Waals surface area contributed by atoms with Gasteiger partial charge in [-0.15, -0.1) is 0 Å². The van der Waals surface area contributed by atoms with Gasteiger partial charge in [0, 0.05) is 5.56 Å². The first kappa shape index (κ1) is 21.6. The number of carbonyl (C=O) groups excluding carboxylic acids is 2. The molecule has 3 rings (SSSR count). The van der Waals surface area contributed by atoms with Crippen LogP contribution in [0.25, 0.3) is 10.2 Å². The van der Waals surface area contributed by atoms with E-state index in [0.29, 0.717) is 34.0 Å². The molecule has 158 valence electrons. The predicted molar refractivity (Wildman–Crippen MR) is 115 cm³/mol. The number of hydrogen-bond acceptors (Lipinski definition) is 6. The number of unbranched alkanes of at least 4 members (excludes halogenated alkanes) is 1. The molecule has 0 N–H and O–H groups in total. The molecule has 0 unspecified atom stereocenters. The standard InChI is InChI=1S/C22H24N2O5S/c1-4-5-13-29-16-11-9-15(10-12-16)21(26)23-22-24(14-19(25)28-3)20-17(27-2)7-6-8-18(20)30-22/h6-12H,4-5,13-14H2,1-3H3. The van der Waals surface area contributed by atoms with Gasteiger partial charge in [-0.25, -0.2) is 0 Å². The Bertz CT molecular complexity index is 1100. The summed E-state index contributed by atoms with van der Waals surface area (Å²) in [6.07, 6.45) is 2.03. The molecule has 3 aromatic rings. The fraction of sp³-hybridized carbons (Fsp3) is 0.318. The number of esters is 1. The van der Waals surface area contributed by atoms with Gasteiger partial charge in [-0.2, -0.15) is 4.99 Å². The van der Waals surface area contributed by atoms with E-state index < -0.39 is 11.9 Å². The Balaban J connectivity index is 1.97. The Kier molecular flexibility index (Phi) is 7.24. The SMILES string of the molecule is CCCCOc1ccc(C(=O)N=c2sc3cccc(OC)c3n2CC(=O)OC)cc1. The van der Waals surface area contributed by atoms with Crippen molar-refractivity contribution in [2.75, 3.05) is 20.8 Å². The molecule has 0 aliphatic carbocycles. The first-order valence-corrected chi connectivity index (χ1v) is 10.4. The molecule has 0 aliphatic rings. The zero-order valence-electron chi connectivity index (χ0n) is 17.2. The molecule has 7 nitrogen and oxygen atoms in total. The van der Waals surface area contributed by atoms with Crippen LogP contribution in [0.4, 0.5) is 0 Å². The summed E-state index contributed by atoms with van der Waals surface area (Å²) in [4.78, 5) is 29.4. The van der Waals surface area contributed by atoms with E-state index in [9.17, 15) is 9.59 Å². The number of benzene rings is 2. The van der Waals surface area contributed by atoms with Crippen LogP contribution in [0.5, 0.6) is 11.5 Å². The third kappa shape index (κ3) is 4.88. The van der Waals surface area contributed by atoms with Crippen molar-refractivity contribution in [3.8, 4) is 11.5 Å². The van der Waals surface area contributed by atoms with Gasteiger partial charge < -0.3 is 18.8 Å². The van der Waals surface area contributed by atoms with E-state index in [4.69, 9.17) is 14.2 Å². The normalized spacial score (nSPS) is 11.5. The van der Waals surface area contributed by atoms with Crippen molar-refractivity contribution in [1.82, 2.24) is 4.57 Å². The van der Waals surface area contributed by atoms with Gasteiger partial charge in [-0.3, -0.25) is 9.59 Å². The Hall–Kier alpha value is -3.13. The average Bonchev–Trinajstić information content (AvgIpc) is 3.11. The lowest BCUT2D eigenvalue weighted by Gasteiger charge is -2.07. The van der Waals surface area contributed by atoms with E-state index >= 15 is 0 Å². The van der Waals surface area contributed by atoms with Crippen LogP contribution >= 0.6 is 11.3 Å². The molecule has 2 aromatic carbocycles. The van der Waals surface area contributed by atoms with Crippen LogP contribution in [0.1, 0.15) is 30.1 Å². The van der Waals surface area contributed by atoms with Gasteiger partial charge in [0.1, 0.15) is 23.6 Å². The molecule has 8 heteroatoms. The number of nitrogens with zero attached hydrogens (tertiary/aromatic N) is 2. The maximum atomic E-state index is 12.8.